The third kappa shape index (κ3) is 2.17. The van der Waals surface area contributed by atoms with Crippen molar-refractivity contribution < 1.29 is 9.90 Å². The van der Waals surface area contributed by atoms with Gasteiger partial charge in [0.1, 0.15) is 0 Å². The fourth-order valence-corrected chi connectivity index (χ4v) is 2.12. The third-order valence-corrected chi connectivity index (χ3v) is 2.95. The summed E-state index contributed by atoms with van der Waals surface area (Å²) < 4.78 is 0. The van der Waals surface area contributed by atoms with E-state index in [4.69, 9.17) is 5.11 Å². The first kappa shape index (κ1) is 10.1. The third-order valence-electron chi connectivity index (χ3n) is 2.95. The number of carboxylic acid groups (broad SMARTS) is 1. The predicted molar refractivity (Wildman–Crippen MR) is 57.0 cm³/mol. The lowest BCUT2D eigenvalue weighted by molar-refractivity contribution is -0.136. The zero-order valence-electron chi connectivity index (χ0n) is 8.92. The highest BCUT2D eigenvalue weighted by Crippen LogP contribution is 2.23. The van der Waals surface area contributed by atoms with Gasteiger partial charge in [-0.2, -0.15) is 0 Å². The number of aromatic nitrogens is 1. The molecule has 0 saturated heterocycles. The molecule has 15 heavy (non-hydrogen) atoms. The van der Waals surface area contributed by atoms with Gasteiger partial charge in [-0.25, -0.2) is 0 Å². The number of fused-ring (bicyclic) bond motifs is 1. The normalized spacial score (nSPS) is 13.9. The smallest absolute Gasteiger partial charge is 0.303 e. The summed E-state index contributed by atoms with van der Waals surface area (Å²) in [4.78, 5) is 15.0. The molecule has 0 aliphatic heterocycles. The molecule has 1 aromatic heterocycles. The van der Waals surface area contributed by atoms with Gasteiger partial charge in [-0.05, 0) is 43.7 Å². The number of carbonyl (C=O) groups is 1. The van der Waals surface area contributed by atoms with E-state index in [1.807, 2.05) is 6.92 Å². The second kappa shape index (κ2) is 4.01. The van der Waals surface area contributed by atoms with Gasteiger partial charge in [-0.1, -0.05) is 6.07 Å². The van der Waals surface area contributed by atoms with Crippen molar-refractivity contribution in [3.8, 4) is 0 Å². The van der Waals surface area contributed by atoms with Crippen LogP contribution in [-0.4, -0.2) is 16.1 Å². The summed E-state index contributed by atoms with van der Waals surface area (Å²) in [6.07, 6.45) is 4.16. The quantitative estimate of drug-likeness (QED) is 0.819. The molecule has 0 unspecified atom stereocenters. The average Bonchev–Trinajstić information content (AvgIpc) is 2.60. The summed E-state index contributed by atoms with van der Waals surface area (Å²) >= 11 is 0. The molecule has 0 fully saturated rings. The second-order valence-electron chi connectivity index (χ2n) is 4.09. The fraction of sp³-hybridized carbons (Fsp3) is 0.500. The summed E-state index contributed by atoms with van der Waals surface area (Å²) in [6, 6.07) is 2.15. The van der Waals surface area contributed by atoms with Crippen LogP contribution in [0.3, 0.4) is 0 Å². The van der Waals surface area contributed by atoms with Crippen molar-refractivity contribution in [2.75, 3.05) is 0 Å². The molecule has 3 nitrogen and oxygen atoms in total. The van der Waals surface area contributed by atoms with Gasteiger partial charge in [0.2, 0.25) is 0 Å². The van der Waals surface area contributed by atoms with E-state index in [1.165, 1.54) is 17.7 Å². The molecule has 0 spiro atoms. The fourth-order valence-electron chi connectivity index (χ4n) is 2.12. The van der Waals surface area contributed by atoms with Gasteiger partial charge in [0.05, 0.1) is 0 Å². The van der Waals surface area contributed by atoms with Crippen LogP contribution in [0.2, 0.25) is 0 Å². The van der Waals surface area contributed by atoms with E-state index >= 15 is 0 Å². The van der Waals surface area contributed by atoms with Crippen molar-refractivity contribution in [2.24, 2.45) is 0 Å². The van der Waals surface area contributed by atoms with Crippen LogP contribution in [0.1, 0.15) is 35.4 Å². The molecule has 2 rings (SSSR count). The summed E-state index contributed by atoms with van der Waals surface area (Å²) in [5.41, 5.74) is 4.63. The van der Waals surface area contributed by atoms with Crippen LogP contribution in [0.25, 0.3) is 0 Å². The molecule has 0 bridgehead atoms. The molecule has 0 atom stereocenters. The van der Waals surface area contributed by atoms with E-state index in [2.05, 4.69) is 11.1 Å². The summed E-state index contributed by atoms with van der Waals surface area (Å²) in [5.74, 6) is -0.741. The molecule has 0 aromatic carbocycles. The SMILES string of the molecule is Cc1nc2c(cc1CCC(=O)O)CCC2. The van der Waals surface area contributed by atoms with Gasteiger partial charge in [-0.15, -0.1) is 0 Å². The highest BCUT2D eigenvalue weighted by molar-refractivity contribution is 5.67. The van der Waals surface area contributed by atoms with Crippen LogP contribution in [-0.2, 0) is 24.1 Å². The number of hydrogen-bond donors (Lipinski definition) is 1. The van der Waals surface area contributed by atoms with E-state index in [1.54, 1.807) is 0 Å². The lowest BCUT2D eigenvalue weighted by atomic mass is 10.0. The van der Waals surface area contributed by atoms with Gasteiger partial charge in [0, 0.05) is 17.8 Å². The highest BCUT2D eigenvalue weighted by atomic mass is 16.4. The maximum Gasteiger partial charge on any atom is 0.303 e. The number of nitrogens with zero attached hydrogens (tertiary/aromatic N) is 1. The van der Waals surface area contributed by atoms with Crippen LogP contribution < -0.4 is 0 Å². The zero-order valence-corrected chi connectivity index (χ0v) is 8.92. The van der Waals surface area contributed by atoms with Crippen molar-refractivity contribution in [1.29, 1.82) is 0 Å². The summed E-state index contributed by atoms with van der Waals surface area (Å²) in [7, 11) is 0. The van der Waals surface area contributed by atoms with Gasteiger partial charge in [0.15, 0.2) is 0 Å². The maximum absolute atomic E-state index is 10.5. The lowest BCUT2D eigenvalue weighted by Gasteiger charge is -2.07. The number of aryl methyl sites for hydroxylation is 4. The predicted octanol–water partition coefficient (Wildman–Crippen LogP) is 1.90. The van der Waals surface area contributed by atoms with Crippen LogP contribution in [0, 0.1) is 6.92 Å². The molecule has 1 aromatic rings. The minimum absolute atomic E-state index is 0.196. The molecule has 0 radical (unpaired) electrons. The average molecular weight is 205 g/mol. The second-order valence-corrected chi connectivity index (χ2v) is 4.09. The van der Waals surface area contributed by atoms with Crippen molar-refractivity contribution >= 4 is 5.97 Å². The Bertz CT molecular complexity index is 399. The van der Waals surface area contributed by atoms with E-state index in [-0.39, 0.29) is 6.42 Å². The highest BCUT2D eigenvalue weighted by Gasteiger charge is 2.14. The lowest BCUT2D eigenvalue weighted by Crippen LogP contribution is -2.02. The Kier molecular flexibility index (Phi) is 2.71. The minimum Gasteiger partial charge on any atom is -0.481 e. The molecule has 0 saturated carbocycles. The molecule has 1 N–H and O–H groups in total. The zero-order chi connectivity index (χ0) is 10.8. The number of hydrogen-bond acceptors (Lipinski definition) is 2. The Labute approximate surface area is 89.2 Å². The first-order valence-electron chi connectivity index (χ1n) is 5.37. The van der Waals surface area contributed by atoms with Crippen LogP contribution in [0.4, 0.5) is 0 Å². The van der Waals surface area contributed by atoms with E-state index in [9.17, 15) is 4.79 Å². The molecule has 0 amide bonds. The molecule has 80 valence electrons. The van der Waals surface area contributed by atoms with Crippen LogP contribution in [0.15, 0.2) is 6.07 Å². The number of aliphatic carboxylic acids is 1. The first-order valence-corrected chi connectivity index (χ1v) is 5.37. The number of carboxylic acids is 1. The van der Waals surface area contributed by atoms with Crippen LogP contribution >= 0.6 is 0 Å². The van der Waals surface area contributed by atoms with E-state index in [0.717, 1.165) is 24.1 Å². The Morgan fingerprint density at radius 1 is 1.53 bits per heavy atom. The van der Waals surface area contributed by atoms with Gasteiger partial charge < -0.3 is 5.11 Å². The number of rotatable bonds is 3. The van der Waals surface area contributed by atoms with Gasteiger partial charge in [0.25, 0.3) is 0 Å². The molecule has 1 heterocycles. The van der Waals surface area contributed by atoms with Crippen molar-refractivity contribution in [3.63, 3.8) is 0 Å². The largest absolute Gasteiger partial charge is 0.481 e. The standard InChI is InChI=1S/C12H15NO2/c1-8-9(5-6-12(14)15)7-10-3-2-4-11(10)13-8/h7H,2-6H2,1H3,(H,14,15). The molecule has 3 heteroatoms. The van der Waals surface area contributed by atoms with Crippen molar-refractivity contribution in [3.05, 3.63) is 28.6 Å². The minimum atomic E-state index is -0.741. The topological polar surface area (TPSA) is 50.2 Å². The van der Waals surface area contributed by atoms with Gasteiger partial charge >= 0.3 is 5.97 Å². The van der Waals surface area contributed by atoms with Crippen molar-refractivity contribution in [2.45, 2.75) is 39.0 Å². The monoisotopic (exact) mass is 205 g/mol. The van der Waals surface area contributed by atoms with E-state index in [0.29, 0.717) is 6.42 Å². The molecular weight excluding hydrogens is 190 g/mol. The van der Waals surface area contributed by atoms with Crippen molar-refractivity contribution in [1.82, 2.24) is 4.98 Å². The molecular formula is C12H15NO2. The maximum atomic E-state index is 10.5. The Hall–Kier alpha value is -1.38. The Morgan fingerprint density at radius 3 is 3.07 bits per heavy atom. The van der Waals surface area contributed by atoms with E-state index < -0.39 is 5.97 Å². The molecule has 1 aliphatic carbocycles. The number of pyridine rings is 1. The summed E-state index contributed by atoms with van der Waals surface area (Å²) in [6.45, 7) is 1.97. The Balaban J connectivity index is 2.21. The Morgan fingerprint density at radius 2 is 2.33 bits per heavy atom. The van der Waals surface area contributed by atoms with Crippen LogP contribution in [0.5, 0.6) is 0 Å². The van der Waals surface area contributed by atoms with Gasteiger partial charge in [-0.3, -0.25) is 9.78 Å². The molecule has 1 aliphatic rings. The first-order chi connectivity index (χ1) is 7.16. The summed E-state index contributed by atoms with van der Waals surface area (Å²) in [5, 5.41) is 8.64.